The fraction of sp³-hybridized carbons (Fsp3) is 0.733. The highest BCUT2D eigenvalue weighted by atomic mass is 17.3. The zero-order valence-corrected chi connectivity index (χ0v) is 23.8. The van der Waals surface area contributed by atoms with Crippen LogP contribution < -0.4 is 10.1 Å². The van der Waals surface area contributed by atoms with Crippen LogP contribution in [0, 0.1) is 23.7 Å². The third kappa shape index (κ3) is 7.15. The van der Waals surface area contributed by atoms with Gasteiger partial charge >= 0.3 is 6.16 Å². The van der Waals surface area contributed by atoms with Crippen LogP contribution in [0.4, 0.5) is 4.79 Å². The van der Waals surface area contributed by atoms with Gasteiger partial charge in [-0.25, -0.2) is 4.79 Å². The summed E-state index contributed by atoms with van der Waals surface area (Å²) in [6, 6.07) is 8.77. The molecule has 40 heavy (non-hydrogen) atoms. The van der Waals surface area contributed by atoms with Gasteiger partial charge in [0.05, 0.1) is 13.2 Å². The van der Waals surface area contributed by atoms with E-state index in [0.717, 1.165) is 52.1 Å². The van der Waals surface area contributed by atoms with Gasteiger partial charge < -0.3 is 24.3 Å². The van der Waals surface area contributed by atoms with E-state index in [1.807, 2.05) is 6.07 Å². The fourth-order valence-corrected chi connectivity index (χ4v) is 6.92. The smallest absolute Gasteiger partial charge is 0.434 e. The van der Waals surface area contributed by atoms with Gasteiger partial charge in [-0.05, 0) is 49.7 Å². The number of nitrogens with zero attached hydrogens (tertiary/aromatic N) is 1. The van der Waals surface area contributed by atoms with Crippen LogP contribution in [0.1, 0.15) is 58.8 Å². The first-order valence-electron chi connectivity index (χ1n) is 14.9. The van der Waals surface area contributed by atoms with Crippen LogP contribution >= 0.6 is 0 Å². The van der Waals surface area contributed by atoms with E-state index in [-0.39, 0.29) is 43.6 Å². The summed E-state index contributed by atoms with van der Waals surface area (Å²) in [5.41, 5.74) is 0. The highest BCUT2D eigenvalue weighted by molar-refractivity contribution is 5.75. The molecule has 4 fully saturated rings. The Morgan fingerprint density at radius 3 is 2.62 bits per heavy atom. The Labute approximate surface area is 236 Å². The second kappa shape index (κ2) is 13.2. The maximum atomic E-state index is 12.8. The predicted octanol–water partition coefficient (Wildman–Crippen LogP) is 4.28. The number of hydrogen-bond acceptors (Lipinski definition) is 9. The molecule has 6 unspecified atom stereocenters. The lowest BCUT2D eigenvalue weighted by molar-refractivity contribution is -0.379. The summed E-state index contributed by atoms with van der Waals surface area (Å²) in [5.74, 6) is -0.0839. The van der Waals surface area contributed by atoms with Gasteiger partial charge in [-0.15, -0.1) is 0 Å². The normalized spacial score (nSPS) is 34.0. The van der Waals surface area contributed by atoms with Crippen LogP contribution in [-0.2, 0) is 28.8 Å². The topological polar surface area (TPSA) is 105 Å². The molecular formula is C30H44N2O8. The number of para-hydroxylation sites is 1. The van der Waals surface area contributed by atoms with E-state index in [1.54, 1.807) is 24.3 Å². The van der Waals surface area contributed by atoms with Gasteiger partial charge in [0.15, 0.2) is 0 Å². The molecule has 1 aromatic carbocycles. The molecular weight excluding hydrogens is 516 g/mol. The van der Waals surface area contributed by atoms with Crippen molar-refractivity contribution in [3.05, 3.63) is 30.3 Å². The molecule has 0 radical (unpaired) electrons. The second-order valence-corrected chi connectivity index (χ2v) is 12.0. The van der Waals surface area contributed by atoms with E-state index >= 15 is 0 Å². The minimum atomic E-state index is -1.20. The van der Waals surface area contributed by atoms with E-state index in [1.165, 1.54) is 6.42 Å². The molecule has 2 saturated carbocycles. The molecule has 1 aromatic rings. The van der Waals surface area contributed by atoms with Gasteiger partial charge in [0.2, 0.25) is 17.5 Å². The molecule has 1 spiro atoms. The van der Waals surface area contributed by atoms with Crippen molar-refractivity contribution in [2.24, 2.45) is 23.7 Å². The number of nitrogens with one attached hydrogen (secondary N) is 1. The monoisotopic (exact) mass is 560 g/mol. The van der Waals surface area contributed by atoms with Gasteiger partial charge in [0.1, 0.15) is 12.4 Å². The maximum Gasteiger partial charge on any atom is 0.513 e. The summed E-state index contributed by atoms with van der Waals surface area (Å²) in [5, 5.41) is 3.01. The van der Waals surface area contributed by atoms with Crippen molar-refractivity contribution >= 4 is 12.1 Å². The zero-order valence-electron chi connectivity index (χ0n) is 23.8. The van der Waals surface area contributed by atoms with Crippen molar-refractivity contribution in [1.82, 2.24) is 10.2 Å². The van der Waals surface area contributed by atoms with E-state index in [0.29, 0.717) is 24.1 Å². The first-order chi connectivity index (χ1) is 19.4. The number of carbonyl (C=O) groups excluding carboxylic acids is 2. The molecule has 4 aliphatic rings. The Morgan fingerprint density at radius 2 is 1.82 bits per heavy atom. The first-order valence-corrected chi connectivity index (χ1v) is 14.9. The molecule has 2 bridgehead atoms. The van der Waals surface area contributed by atoms with Crippen molar-refractivity contribution in [1.29, 1.82) is 0 Å². The molecule has 6 atom stereocenters. The highest BCUT2D eigenvalue weighted by Crippen LogP contribution is 2.57. The van der Waals surface area contributed by atoms with E-state index in [9.17, 15) is 9.59 Å². The lowest BCUT2D eigenvalue weighted by Gasteiger charge is -2.50. The van der Waals surface area contributed by atoms with E-state index < -0.39 is 17.7 Å². The Kier molecular flexibility index (Phi) is 9.63. The van der Waals surface area contributed by atoms with Crippen molar-refractivity contribution in [2.45, 2.75) is 70.4 Å². The average Bonchev–Trinajstić information content (AvgIpc) is 3.33. The van der Waals surface area contributed by atoms with E-state index in [2.05, 4.69) is 24.1 Å². The molecule has 10 heteroatoms. The Balaban J connectivity index is 1.19. The molecule has 1 N–H and O–H groups in total. The van der Waals surface area contributed by atoms with Gasteiger partial charge in [-0.1, -0.05) is 32.0 Å². The van der Waals surface area contributed by atoms with Crippen molar-refractivity contribution in [2.75, 3.05) is 46.0 Å². The number of carbonyl (C=O) groups is 2. The molecule has 10 nitrogen and oxygen atoms in total. The summed E-state index contributed by atoms with van der Waals surface area (Å²) < 4.78 is 22.8. The van der Waals surface area contributed by atoms with Gasteiger partial charge in [-0.3, -0.25) is 9.69 Å². The zero-order chi connectivity index (χ0) is 28.0. The van der Waals surface area contributed by atoms with Crippen LogP contribution in [0.5, 0.6) is 5.75 Å². The van der Waals surface area contributed by atoms with Crippen LogP contribution in [0.25, 0.3) is 0 Å². The second-order valence-electron chi connectivity index (χ2n) is 12.0. The Morgan fingerprint density at radius 1 is 1.02 bits per heavy atom. The van der Waals surface area contributed by atoms with Crippen molar-refractivity contribution in [3.63, 3.8) is 0 Å². The molecule has 0 aromatic heterocycles. The van der Waals surface area contributed by atoms with Crippen LogP contribution in [0.3, 0.4) is 0 Å². The van der Waals surface area contributed by atoms with E-state index in [4.69, 9.17) is 28.7 Å². The van der Waals surface area contributed by atoms with Crippen LogP contribution in [0.15, 0.2) is 30.3 Å². The number of benzene rings is 1. The predicted molar refractivity (Wildman–Crippen MR) is 145 cm³/mol. The van der Waals surface area contributed by atoms with Gasteiger partial charge in [0, 0.05) is 57.3 Å². The summed E-state index contributed by atoms with van der Waals surface area (Å²) in [7, 11) is 0. The first kappa shape index (κ1) is 29.3. The number of morpholine rings is 1. The number of hydrogen-bond donors (Lipinski definition) is 1. The van der Waals surface area contributed by atoms with Crippen LogP contribution in [-0.4, -0.2) is 74.5 Å². The number of amides is 1. The summed E-state index contributed by atoms with van der Waals surface area (Å²) in [4.78, 5) is 39.6. The largest absolute Gasteiger partial charge is 0.513 e. The van der Waals surface area contributed by atoms with Gasteiger partial charge in [-0.2, -0.15) is 9.78 Å². The van der Waals surface area contributed by atoms with Crippen molar-refractivity contribution < 1.29 is 38.3 Å². The third-order valence-corrected chi connectivity index (χ3v) is 8.89. The summed E-state index contributed by atoms with van der Waals surface area (Å²) in [6.45, 7) is 9.04. The minimum absolute atomic E-state index is 0.00182. The third-order valence-electron chi connectivity index (χ3n) is 8.89. The number of rotatable bonds is 10. The highest BCUT2D eigenvalue weighted by Gasteiger charge is 2.62. The molecule has 2 aliphatic carbocycles. The molecule has 5 rings (SSSR count). The van der Waals surface area contributed by atoms with Crippen molar-refractivity contribution in [3.8, 4) is 5.75 Å². The standard InChI is InChI=1S/C30H44N2O8/c1-22-18-24-20-23(2)30(25(19-22)21-24)38-29(39-40-30,10-15-36-28(34)37-26-6-4-3-5-7-26)9-8-27(33)31-11-12-32-13-16-35-17-14-32/h3-7,22-25H,8-21H2,1-2H3,(H,31,33). The molecule has 2 aliphatic heterocycles. The maximum absolute atomic E-state index is 12.8. The Hall–Kier alpha value is -2.24. The summed E-state index contributed by atoms with van der Waals surface area (Å²) >= 11 is 0. The number of fused-ring (bicyclic) bond motifs is 3. The molecule has 222 valence electrons. The minimum Gasteiger partial charge on any atom is -0.434 e. The average molecular weight is 561 g/mol. The lowest BCUT2D eigenvalue weighted by Crippen LogP contribution is -2.54. The SMILES string of the molecule is CC1CC2CC(C)C3(OOC(CCOC(=O)Oc4ccccc4)(CCC(=O)NCCN4CCOCC4)O3)C(C1)C2. The Bertz CT molecular complexity index is 985. The molecule has 2 saturated heterocycles. The number of ether oxygens (including phenoxy) is 4. The fourth-order valence-electron chi connectivity index (χ4n) is 6.92. The lowest BCUT2D eigenvalue weighted by atomic mass is 9.62. The molecule has 1 amide bonds. The molecule has 2 heterocycles. The quantitative estimate of drug-likeness (QED) is 0.255. The van der Waals surface area contributed by atoms with Gasteiger partial charge in [0.25, 0.3) is 0 Å². The summed E-state index contributed by atoms with van der Waals surface area (Å²) in [6.07, 6.45) is 4.23. The van der Waals surface area contributed by atoms with Crippen LogP contribution in [0.2, 0.25) is 0 Å².